The summed E-state index contributed by atoms with van der Waals surface area (Å²) >= 11 is 1.46. The summed E-state index contributed by atoms with van der Waals surface area (Å²) in [5.74, 6) is 0.606. The predicted molar refractivity (Wildman–Crippen MR) is 112 cm³/mol. The molecule has 2 aromatic heterocycles. The Bertz CT molecular complexity index is 1100. The predicted octanol–water partition coefficient (Wildman–Crippen LogP) is 4.02. The van der Waals surface area contributed by atoms with Crippen LogP contribution in [0.25, 0.3) is 11.3 Å². The van der Waals surface area contributed by atoms with Crippen molar-refractivity contribution in [3.8, 4) is 17.0 Å². The second kappa shape index (κ2) is 8.24. The number of aryl methyl sites for hydroxylation is 1. The van der Waals surface area contributed by atoms with Crippen molar-refractivity contribution < 1.29 is 9.53 Å². The molecule has 4 rings (SSSR count). The number of amides is 1. The summed E-state index contributed by atoms with van der Waals surface area (Å²) in [5.41, 5.74) is 3.46. The number of anilines is 1. The largest absolute Gasteiger partial charge is 0.497 e. The van der Waals surface area contributed by atoms with Gasteiger partial charge in [0.05, 0.1) is 19.3 Å². The molecule has 0 radical (unpaired) electrons. The van der Waals surface area contributed by atoms with E-state index in [1.165, 1.54) is 17.7 Å². The molecule has 1 N–H and O–H groups in total. The van der Waals surface area contributed by atoms with Crippen LogP contribution >= 0.6 is 11.3 Å². The zero-order valence-corrected chi connectivity index (χ0v) is 16.8. The fraction of sp³-hybridized carbons (Fsp3) is 0.143. The van der Waals surface area contributed by atoms with Crippen molar-refractivity contribution in [1.29, 1.82) is 0 Å². The first-order chi connectivity index (χ1) is 14.1. The van der Waals surface area contributed by atoms with Crippen LogP contribution < -0.4 is 10.1 Å². The Hall–Kier alpha value is -3.52. The number of carbonyl (C=O) groups is 1. The summed E-state index contributed by atoms with van der Waals surface area (Å²) in [6, 6.07) is 15.1. The summed E-state index contributed by atoms with van der Waals surface area (Å²) in [4.78, 5) is 22.2. The molecule has 0 spiro atoms. The third kappa shape index (κ3) is 4.33. The first-order valence-corrected chi connectivity index (χ1v) is 9.78. The van der Waals surface area contributed by atoms with E-state index in [2.05, 4.69) is 20.4 Å². The molecule has 0 saturated heterocycles. The number of thiazole rings is 1. The molecular formula is C21H19N5O2S. The Balaban J connectivity index is 1.45. The van der Waals surface area contributed by atoms with Crippen LogP contribution in [0.4, 0.5) is 5.13 Å². The van der Waals surface area contributed by atoms with Crippen LogP contribution in [0.15, 0.2) is 61.2 Å². The highest BCUT2D eigenvalue weighted by Gasteiger charge is 2.13. The van der Waals surface area contributed by atoms with Crippen LogP contribution in [0.5, 0.6) is 5.75 Å². The standard InChI is InChI=1S/C21H19N5O2S/c1-14-19(16-7-9-18(28-2)10-8-16)24-21(29-14)25-20(27)17-5-3-15(4-6-17)11-26-13-22-12-23-26/h3-10,12-13H,11H2,1-2H3,(H,24,25,27). The van der Waals surface area contributed by atoms with Gasteiger partial charge in [-0.15, -0.1) is 11.3 Å². The first kappa shape index (κ1) is 18.8. The van der Waals surface area contributed by atoms with Gasteiger partial charge in [-0.25, -0.2) is 14.6 Å². The molecular weight excluding hydrogens is 386 g/mol. The molecule has 4 aromatic rings. The van der Waals surface area contributed by atoms with Crippen molar-refractivity contribution in [2.24, 2.45) is 0 Å². The molecule has 0 fully saturated rings. The number of hydrogen-bond donors (Lipinski definition) is 1. The van der Waals surface area contributed by atoms with Gasteiger partial charge in [0.1, 0.15) is 18.4 Å². The number of ether oxygens (including phenoxy) is 1. The normalized spacial score (nSPS) is 10.7. The van der Waals surface area contributed by atoms with Gasteiger partial charge in [-0.2, -0.15) is 5.10 Å². The van der Waals surface area contributed by atoms with Gasteiger partial charge in [-0.1, -0.05) is 12.1 Å². The number of benzene rings is 2. The Morgan fingerprint density at radius 2 is 1.90 bits per heavy atom. The van der Waals surface area contributed by atoms with Gasteiger partial charge in [-0.3, -0.25) is 10.1 Å². The number of aromatic nitrogens is 4. The lowest BCUT2D eigenvalue weighted by Gasteiger charge is -2.04. The quantitative estimate of drug-likeness (QED) is 0.524. The van der Waals surface area contributed by atoms with Gasteiger partial charge < -0.3 is 4.74 Å². The van der Waals surface area contributed by atoms with E-state index < -0.39 is 0 Å². The van der Waals surface area contributed by atoms with E-state index in [1.807, 2.05) is 43.3 Å². The van der Waals surface area contributed by atoms with E-state index in [0.717, 1.165) is 27.4 Å². The molecule has 0 saturated carbocycles. The number of rotatable bonds is 6. The lowest BCUT2D eigenvalue weighted by Crippen LogP contribution is -2.11. The van der Waals surface area contributed by atoms with E-state index in [0.29, 0.717) is 17.2 Å². The number of nitrogens with one attached hydrogen (secondary N) is 1. The Kier molecular flexibility index (Phi) is 5.35. The van der Waals surface area contributed by atoms with E-state index in [9.17, 15) is 4.79 Å². The van der Waals surface area contributed by atoms with E-state index in [1.54, 1.807) is 30.3 Å². The minimum absolute atomic E-state index is 0.188. The topological polar surface area (TPSA) is 81.9 Å². The number of methoxy groups -OCH3 is 1. The summed E-state index contributed by atoms with van der Waals surface area (Å²) < 4.78 is 6.93. The average molecular weight is 405 g/mol. The number of hydrogen-bond acceptors (Lipinski definition) is 6. The number of nitrogens with zero attached hydrogens (tertiary/aromatic N) is 4. The molecule has 8 heteroatoms. The molecule has 0 aliphatic carbocycles. The molecule has 7 nitrogen and oxygen atoms in total. The van der Waals surface area contributed by atoms with Crippen LogP contribution in [0.1, 0.15) is 20.8 Å². The van der Waals surface area contributed by atoms with Crippen molar-refractivity contribution in [1.82, 2.24) is 19.7 Å². The molecule has 1 amide bonds. The van der Waals surface area contributed by atoms with Crippen LogP contribution in [0, 0.1) is 6.92 Å². The molecule has 29 heavy (non-hydrogen) atoms. The minimum Gasteiger partial charge on any atom is -0.497 e. The molecule has 2 aromatic carbocycles. The Morgan fingerprint density at radius 1 is 1.14 bits per heavy atom. The van der Waals surface area contributed by atoms with Crippen molar-refractivity contribution in [3.05, 3.63) is 77.2 Å². The van der Waals surface area contributed by atoms with Gasteiger partial charge in [0, 0.05) is 16.0 Å². The van der Waals surface area contributed by atoms with Crippen LogP contribution in [-0.2, 0) is 6.54 Å². The summed E-state index contributed by atoms with van der Waals surface area (Å²) in [5, 5.41) is 7.55. The maximum atomic E-state index is 12.6. The Morgan fingerprint density at radius 3 is 2.55 bits per heavy atom. The fourth-order valence-corrected chi connectivity index (χ4v) is 3.73. The molecule has 0 bridgehead atoms. The van der Waals surface area contributed by atoms with Crippen LogP contribution in [0.3, 0.4) is 0 Å². The lowest BCUT2D eigenvalue weighted by atomic mass is 10.1. The third-order valence-corrected chi connectivity index (χ3v) is 5.29. The van der Waals surface area contributed by atoms with Gasteiger partial charge in [0.2, 0.25) is 0 Å². The molecule has 0 atom stereocenters. The van der Waals surface area contributed by atoms with Gasteiger partial charge in [0.25, 0.3) is 5.91 Å². The maximum absolute atomic E-state index is 12.6. The van der Waals surface area contributed by atoms with E-state index in [4.69, 9.17) is 4.74 Å². The number of carbonyl (C=O) groups excluding carboxylic acids is 1. The average Bonchev–Trinajstić information content (AvgIpc) is 3.38. The molecule has 0 aliphatic heterocycles. The van der Waals surface area contributed by atoms with Crippen molar-refractivity contribution in [2.45, 2.75) is 13.5 Å². The van der Waals surface area contributed by atoms with Crippen LogP contribution in [-0.4, -0.2) is 32.8 Å². The Labute approximate surface area is 172 Å². The zero-order chi connectivity index (χ0) is 20.2. The molecule has 146 valence electrons. The monoisotopic (exact) mass is 405 g/mol. The SMILES string of the molecule is COc1ccc(-c2nc(NC(=O)c3ccc(Cn4cncn4)cc3)sc2C)cc1. The fourth-order valence-electron chi connectivity index (χ4n) is 2.90. The summed E-state index contributed by atoms with van der Waals surface area (Å²) in [7, 11) is 1.64. The van der Waals surface area contributed by atoms with Gasteiger partial charge in [-0.05, 0) is 48.9 Å². The highest BCUT2D eigenvalue weighted by atomic mass is 32.1. The molecule has 0 unspecified atom stereocenters. The van der Waals surface area contributed by atoms with E-state index in [-0.39, 0.29) is 5.91 Å². The van der Waals surface area contributed by atoms with Crippen molar-refractivity contribution >= 4 is 22.4 Å². The zero-order valence-electron chi connectivity index (χ0n) is 16.0. The third-order valence-electron chi connectivity index (χ3n) is 4.41. The molecule has 2 heterocycles. The maximum Gasteiger partial charge on any atom is 0.257 e. The highest BCUT2D eigenvalue weighted by Crippen LogP contribution is 2.31. The second-order valence-electron chi connectivity index (χ2n) is 6.40. The highest BCUT2D eigenvalue weighted by molar-refractivity contribution is 7.16. The minimum atomic E-state index is -0.188. The lowest BCUT2D eigenvalue weighted by molar-refractivity contribution is 0.102. The van der Waals surface area contributed by atoms with Crippen molar-refractivity contribution in [2.75, 3.05) is 12.4 Å². The van der Waals surface area contributed by atoms with Gasteiger partial charge in [0.15, 0.2) is 5.13 Å². The van der Waals surface area contributed by atoms with Gasteiger partial charge >= 0.3 is 0 Å². The van der Waals surface area contributed by atoms with Crippen LogP contribution in [0.2, 0.25) is 0 Å². The summed E-state index contributed by atoms with van der Waals surface area (Å²) in [6.45, 7) is 2.60. The second-order valence-corrected chi connectivity index (χ2v) is 7.60. The van der Waals surface area contributed by atoms with E-state index >= 15 is 0 Å². The molecule has 0 aliphatic rings. The first-order valence-electron chi connectivity index (χ1n) is 8.97. The van der Waals surface area contributed by atoms with Crippen molar-refractivity contribution in [3.63, 3.8) is 0 Å². The smallest absolute Gasteiger partial charge is 0.257 e. The summed E-state index contributed by atoms with van der Waals surface area (Å²) in [6.07, 6.45) is 3.16.